The zero-order valence-electron chi connectivity index (χ0n) is 27.8. The number of carbonyl (C=O) groups excluding carboxylic acids is 5. The van der Waals surface area contributed by atoms with Crippen LogP contribution in [0.2, 0.25) is 0 Å². The lowest BCUT2D eigenvalue weighted by Crippen LogP contribution is -2.49. The molecule has 3 unspecified atom stereocenters. The van der Waals surface area contributed by atoms with Crippen molar-refractivity contribution in [3.63, 3.8) is 0 Å². The Morgan fingerprint density at radius 1 is 0.587 bits per heavy atom. The van der Waals surface area contributed by atoms with Crippen molar-refractivity contribution >= 4 is 41.8 Å². The second-order valence-corrected chi connectivity index (χ2v) is 10.9. The van der Waals surface area contributed by atoms with Crippen LogP contribution in [0.25, 0.3) is 0 Å². The van der Waals surface area contributed by atoms with Gasteiger partial charge in [-0.1, -0.05) is 48.0 Å². The summed E-state index contributed by atoms with van der Waals surface area (Å²) in [6, 6.07) is -3.03. The van der Waals surface area contributed by atoms with Crippen LogP contribution in [-0.2, 0) is 57.2 Å². The van der Waals surface area contributed by atoms with Crippen molar-refractivity contribution in [1.82, 2.24) is 0 Å². The van der Waals surface area contributed by atoms with Crippen molar-refractivity contribution < 1.29 is 67.5 Å². The number of rotatable bonds is 19. The van der Waals surface area contributed by atoms with Crippen molar-refractivity contribution in [2.24, 2.45) is 35.0 Å². The molecule has 0 aliphatic carbocycles. The highest BCUT2D eigenvalue weighted by Crippen LogP contribution is 2.16. The van der Waals surface area contributed by atoms with Crippen molar-refractivity contribution in [3.05, 3.63) is 0 Å². The third-order valence-electron chi connectivity index (χ3n) is 6.47. The van der Waals surface area contributed by atoms with Crippen molar-refractivity contribution in [2.75, 3.05) is 13.2 Å². The number of hydrogen-bond acceptors (Lipinski definition) is 15. The van der Waals surface area contributed by atoms with E-state index in [0.29, 0.717) is 6.42 Å². The molecule has 0 fully saturated rings. The van der Waals surface area contributed by atoms with Crippen LogP contribution >= 0.6 is 0 Å². The molecular formula is C29H51N3O14. The van der Waals surface area contributed by atoms with E-state index < -0.39 is 91.1 Å². The first-order valence-electron chi connectivity index (χ1n) is 14.9. The summed E-state index contributed by atoms with van der Waals surface area (Å²) < 4.78 is 24.1. The van der Waals surface area contributed by atoms with Crippen molar-refractivity contribution in [2.45, 2.75) is 111 Å². The molecule has 0 aliphatic heterocycles. The summed E-state index contributed by atoms with van der Waals surface area (Å²) in [4.78, 5) is 81.3. The molecule has 0 bridgehead atoms. The van der Waals surface area contributed by atoms with Gasteiger partial charge >= 0.3 is 41.8 Å². The van der Waals surface area contributed by atoms with E-state index in [2.05, 4.69) is 4.74 Å². The number of carboxylic acids is 2. The fourth-order valence-corrected chi connectivity index (χ4v) is 3.11. The molecule has 0 aromatic carbocycles. The molecule has 7 atom stereocenters. The van der Waals surface area contributed by atoms with Gasteiger partial charge in [0.25, 0.3) is 0 Å². The van der Waals surface area contributed by atoms with Crippen molar-refractivity contribution in [3.8, 4) is 0 Å². The van der Waals surface area contributed by atoms with Gasteiger partial charge in [-0.25, -0.2) is 9.59 Å². The van der Waals surface area contributed by atoms with E-state index in [1.165, 1.54) is 0 Å². The molecule has 0 amide bonds. The van der Waals surface area contributed by atoms with Gasteiger partial charge < -0.3 is 51.1 Å². The highest BCUT2D eigenvalue weighted by atomic mass is 16.6. The van der Waals surface area contributed by atoms with E-state index in [-0.39, 0.29) is 31.0 Å². The molecule has 17 heteroatoms. The Hall–Kier alpha value is -3.83. The molecule has 0 heterocycles. The molecule has 0 rings (SSSR count). The minimum Gasteiger partial charge on any atom is -0.478 e. The smallest absolute Gasteiger partial charge is 0.349 e. The number of carboxylic acid groups (broad SMARTS) is 2. The molecule has 46 heavy (non-hydrogen) atoms. The van der Waals surface area contributed by atoms with Gasteiger partial charge in [-0.15, -0.1) is 0 Å². The predicted molar refractivity (Wildman–Crippen MR) is 160 cm³/mol. The lowest BCUT2D eigenvalue weighted by atomic mass is 10.0. The van der Waals surface area contributed by atoms with Gasteiger partial charge in [-0.2, -0.15) is 0 Å². The molecule has 0 radical (unpaired) electrons. The topological polar surface area (TPSA) is 284 Å². The average molecular weight is 666 g/mol. The van der Waals surface area contributed by atoms with E-state index in [9.17, 15) is 38.7 Å². The van der Waals surface area contributed by atoms with Crippen LogP contribution in [-0.4, -0.2) is 102 Å². The van der Waals surface area contributed by atoms with Crippen LogP contribution in [0.1, 0.15) is 74.7 Å². The Kier molecular flexibility index (Phi) is 21.8. The van der Waals surface area contributed by atoms with E-state index in [4.69, 9.17) is 41.3 Å². The van der Waals surface area contributed by atoms with Gasteiger partial charge in [0.15, 0.2) is 6.10 Å². The molecule has 0 aromatic rings. The number of aliphatic carboxylic acids is 2. The standard InChI is InChI=1S/C17H30N2O8.C12H21NO6/c1-6-25-11(20)7-10(26-16(23)12(18)8(2)3)14(15(21)22)27-17(24)13(19)9(4)5;1-4-7(3)10(13)12(17)19-8(11(15)16)6-9(14)18-5-2/h8-10,12-14H,6-7,18-19H2,1-5H3,(H,21,22);7-8,10H,4-6,13H2,1-3H3,(H,15,16)/t10?,12-,13-,14?;7-,8?,10-/m00/s1. The summed E-state index contributed by atoms with van der Waals surface area (Å²) in [5.41, 5.74) is 17.0. The zero-order valence-corrected chi connectivity index (χ0v) is 27.8. The highest BCUT2D eigenvalue weighted by molar-refractivity contribution is 5.85. The minimum absolute atomic E-state index is 0.0424. The van der Waals surface area contributed by atoms with Gasteiger partial charge in [0.2, 0.25) is 12.2 Å². The first-order valence-corrected chi connectivity index (χ1v) is 14.9. The Morgan fingerprint density at radius 3 is 1.37 bits per heavy atom. The summed E-state index contributed by atoms with van der Waals surface area (Å²) in [6.07, 6.45) is -5.60. The Morgan fingerprint density at radius 2 is 1.00 bits per heavy atom. The predicted octanol–water partition coefficient (Wildman–Crippen LogP) is 0.124. The highest BCUT2D eigenvalue weighted by Gasteiger charge is 2.39. The van der Waals surface area contributed by atoms with Crippen LogP contribution in [0.5, 0.6) is 0 Å². The number of hydrogen-bond donors (Lipinski definition) is 5. The van der Waals surface area contributed by atoms with Crippen LogP contribution in [0.3, 0.4) is 0 Å². The van der Waals surface area contributed by atoms with Gasteiger partial charge in [0.1, 0.15) is 18.1 Å². The molecule has 266 valence electrons. The largest absolute Gasteiger partial charge is 0.478 e. The van der Waals surface area contributed by atoms with E-state index >= 15 is 0 Å². The SMILES string of the molecule is CCOC(=O)CC(OC(=O)[C@@H](N)C(C)C)C(OC(=O)[C@@H](N)C(C)C)C(=O)O.CCOC(=O)CC(OC(=O)[C@@H](N)[C@@H](C)CC)C(=O)O. The normalized spacial score (nSPS) is 15.4. The molecule has 17 nitrogen and oxygen atoms in total. The quantitative estimate of drug-likeness (QED) is 0.0904. The fourth-order valence-electron chi connectivity index (χ4n) is 3.11. The van der Waals surface area contributed by atoms with E-state index in [0.717, 1.165) is 0 Å². The molecule has 0 spiro atoms. The lowest BCUT2D eigenvalue weighted by molar-refractivity contribution is -0.183. The molecule has 0 aliphatic rings. The number of esters is 5. The lowest BCUT2D eigenvalue weighted by Gasteiger charge is -2.26. The zero-order chi connectivity index (χ0) is 36.3. The summed E-state index contributed by atoms with van der Waals surface area (Å²) in [6.45, 7) is 13.6. The van der Waals surface area contributed by atoms with Crippen molar-refractivity contribution in [1.29, 1.82) is 0 Å². The third kappa shape index (κ3) is 17.0. The van der Waals surface area contributed by atoms with Gasteiger partial charge in [-0.3, -0.25) is 24.0 Å². The molecule has 8 N–H and O–H groups in total. The Balaban J connectivity index is 0. The van der Waals surface area contributed by atoms with Crippen LogP contribution in [0, 0.1) is 17.8 Å². The monoisotopic (exact) mass is 665 g/mol. The molecule has 0 aromatic heterocycles. The van der Waals surface area contributed by atoms with Crippen LogP contribution in [0.4, 0.5) is 0 Å². The second kappa shape index (κ2) is 22.6. The molecule has 0 saturated heterocycles. The summed E-state index contributed by atoms with van der Waals surface area (Å²) in [5.74, 6) is -8.03. The van der Waals surface area contributed by atoms with Gasteiger partial charge in [0.05, 0.1) is 26.1 Å². The summed E-state index contributed by atoms with van der Waals surface area (Å²) >= 11 is 0. The first kappa shape index (κ1) is 44.3. The maximum absolute atomic E-state index is 12.1. The van der Waals surface area contributed by atoms with Crippen LogP contribution < -0.4 is 17.2 Å². The molecule has 0 saturated carbocycles. The fraction of sp³-hybridized carbons (Fsp3) is 0.759. The van der Waals surface area contributed by atoms with Gasteiger partial charge in [0, 0.05) is 0 Å². The third-order valence-corrected chi connectivity index (χ3v) is 6.47. The summed E-state index contributed by atoms with van der Waals surface area (Å²) in [5, 5.41) is 18.3. The first-order chi connectivity index (χ1) is 21.2. The van der Waals surface area contributed by atoms with E-state index in [1.807, 2.05) is 6.92 Å². The maximum Gasteiger partial charge on any atom is 0.349 e. The van der Waals surface area contributed by atoms with Gasteiger partial charge in [-0.05, 0) is 31.6 Å². The Labute approximate surface area is 268 Å². The number of carbonyl (C=O) groups is 7. The van der Waals surface area contributed by atoms with E-state index in [1.54, 1.807) is 48.5 Å². The number of nitrogens with two attached hydrogens (primary N) is 3. The minimum atomic E-state index is -1.94. The van der Waals surface area contributed by atoms with Crippen LogP contribution in [0.15, 0.2) is 0 Å². The Bertz CT molecular complexity index is 1020. The average Bonchev–Trinajstić information content (AvgIpc) is 2.97. The number of ether oxygens (including phenoxy) is 5. The summed E-state index contributed by atoms with van der Waals surface area (Å²) in [7, 11) is 0. The molecular weight excluding hydrogens is 614 g/mol. The maximum atomic E-state index is 12.1. The second-order valence-electron chi connectivity index (χ2n) is 10.9.